The van der Waals surface area contributed by atoms with E-state index in [9.17, 15) is 4.79 Å². The maximum absolute atomic E-state index is 12.8. The average Bonchev–Trinajstić information content (AvgIpc) is 3.30. The zero-order valence-corrected chi connectivity index (χ0v) is 19.7. The molecular formula is C25H37N5O2. The molecule has 0 unspecified atom stereocenters. The Morgan fingerprint density at radius 2 is 1.91 bits per heavy atom. The molecule has 3 rings (SSSR count). The molecule has 0 radical (unpaired) electrons. The van der Waals surface area contributed by atoms with E-state index in [1.54, 1.807) is 0 Å². The van der Waals surface area contributed by atoms with E-state index in [0.29, 0.717) is 25.0 Å². The molecule has 1 fully saturated rings. The van der Waals surface area contributed by atoms with Crippen LogP contribution in [0.15, 0.2) is 39.8 Å². The predicted octanol–water partition coefficient (Wildman–Crippen LogP) is 4.46. The van der Waals surface area contributed by atoms with Gasteiger partial charge in [-0.3, -0.25) is 4.79 Å². The van der Waals surface area contributed by atoms with Gasteiger partial charge in [-0.05, 0) is 56.7 Å². The molecule has 174 valence electrons. The summed E-state index contributed by atoms with van der Waals surface area (Å²) in [5.74, 6) is 2.07. The van der Waals surface area contributed by atoms with Gasteiger partial charge in [0.05, 0.1) is 18.8 Å². The summed E-state index contributed by atoms with van der Waals surface area (Å²) in [4.78, 5) is 19.5. The summed E-state index contributed by atoms with van der Waals surface area (Å²) in [6, 6.07) is 9.84. The minimum Gasteiger partial charge on any atom is -0.359 e. The molecule has 0 aliphatic carbocycles. The molecule has 0 saturated carbocycles. The van der Waals surface area contributed by atoms with Gasteiger partial charge in [0.15, 0.2) is 11.7 Å². The molecule has 7 heteroatoms. The highest BCUT2D eigenvalue weighted by Gasteiger charge is 2.18. The standard InChI is InChI=1S/C25H37N5O2/c1-4-20(5-2)23-16-22(32-29-23)18-28-25(26-6-3)27-17-19-11-10-12-21(15-19)24(31)30-13-8-7-9-14-30/h10-12,15-16,20H,4-9,13-14,17-18H2,1-3H3,(H2,26,27,28). The summed E-state index contributed by atoms with van der Waals surface area (Å²) >= 11 is 0. The first-order chi connectivity index (χ1) is 15.6. The number of benzene rings is 1. The van der Waals surface area contributed by atoms with Crippen molar-refractivity contribution in [3.63, 3.8) is 0 Å². The number of nitrogens with zero attached hydrogens (tertiary/aromatic N) is 3. The van der Waals surface area contributed by atoms with Gasteiger partial charge in [-0.25, -0.2) is 4.99 Å². The number of hydrogen-bond acceptors (Lipinski definition) is 4. The quantitative estimate of drug-likeness (QED) is 0.445. The van der Waals surface area contributed by atoms with Gasteiger partial charge in [-0.2, -0.15) is 0 Å². The van der Waals surface area contributed by atoms with Gasteiger partial charge in [0.2, 0.25) is 0 Å². The summed E-state index contributed by atoms with van der Waals surface area (Å²) in [6.45, 7) is 9.87. The topological polar surface area (TPSA) is 82.8 Å². The second-order valence-corrected chi connectivity index (χ2v) is 8.33. The zero-order chi connectivity index (χ0) is 22.8. The number of rotatable bonds is 9. The smallest absolute Gasteiger partial charge is 0.253 e. The summed E-state index contributed by atoms with van der Waals surface area (Å²) in [6.07, 6.45) is 5.51. The normalized spacial score (nSPS) is 14.6. The molecule has 2 heterocycles. The summed E-state index contributed by atoms with van der Waals surface area (Å²) in [5, 5.41) is 10.8. The maximum Gasteiger partial charge on any atom is 0.253 e. The van der Waals surface area contributed by atoms with Crippen LogP contribution in [0.3, 0.4) is 0 Å². The molecule has 0 spiro atoms. The van der Waals surface area contributed by atoms with E-state index >= 15 is 0 Å². The summed E-state index contributed by atoms with van der Waals surface area (Å²) < 4.78 is 5.50. The van der Waals surface area contributed by atoms with Gasteiger partial charge in [0.1, 0.15) is 0 Å². The van der Waals surface area contributed by atoms with Crippen LogP contribution in [0.1, 0.15) is 86.2 Å². The SMILES string of the molecule is CCNC(=NCc1cccc(C(=O)N2CCCCC2)c1)NCc1cc(C(CC)CC)no1. The van der Waals surface area contributed by atoms with Crippen LogP contribution in [0.5, 0.6) is 0 Å². The van der Waals surface area contributed by atoms with Crippen molar-refractivity contribution < 1.29 is 9.32 Å². The van der Waals surface area contributed by atoms with Gasteiger partial charge in [-0.1, -0.05) is 31.1 Å². The monoisotopic (exact) mass is 439 g/mol. The lowest BCUT2D eigenvalue weighted by molar-refractivity contribution is 0.0724. The third-order valence-corrected chi connectivity index (χ3v) is 5.99. The van der Waals surface area contributed by atoms with Crippen LogP contribution in [-0.2, 0) is 13.1 Å². The molecule has 1 aromatic carbocycles. The number of nitrogens with one attached hydrogen (secondary N) is 2. The van der Waals surface area contributed by atoms with Crippen LogP contribution in [0, 0.1) is 0 Å². The van der Waals surface area contributed by atoms with E-state index < -0.39 is 0 Å². The van der Waals surface area contributed by atoms with E-state index in [1.807, 2.05) is 42.2 Å². The Kier molecular flexibility index (Phi) is 9.13. The Labute approximate surface area is 191 Å². The van der Waals surface area contributed by atoms with Crippen LogP contribution in [0.4, 0.5) is 0 Å². The minimum atomic E-state index is 0.124. The maximum atomic E-state index is 12.8. The van der Waals surface area contributed by atoms with Gasteiger partial charge in [-0.15, -0.1) is 0 Å². The fraction of sp³-hybridized carbons (Fsp3) is 0.560. The number of piperidine rings is 1. The number of carbonyl (C=O) groups excluding carboxylic acids is 1. The third-order valence-electron chi connectivity index (χ3n) is 5.99. The molecular weight excluding hydrogens is 402 g/mol. The molecule has 1 amide bonds. The van der Waals surface area contributed by atoms with E-state index in [-0.39, 0.29) is 5.91 Å². The van der Waals surface area contributed by atoms with E-state index in [2.05, 4.69) is 29.6 Å². The fourth-order valence-electron chi connectivity index (χ4n) is 4.08. The Morgan fingerprint density at radius 3 is 2.62 bits per heavy atom. The average molecular weight is 440 g/mol. The van der Waals surface area contributed by atoms with Crippen molar-refractivity contribution in [1.29, 1.82) is 0 Å². The molecule has 0 atom stereocenters. The van der Waals surface area contributed by atoms with Gasteiger partial charge in [0, 0.05) is 37.2 Å². The predicted molar refractivity (Wildman–Crippen MR) is 128 cm³/mol. The number of guanidine groups is 1. The first-order valence-corrected chi connectivity index (χ1v) is 12.0. The highest BCUT2D eigenvalue weighted by Crippen LogP contribution is 2.22. The van der Waals surface area contributed by atoms with Crippen molar-refractivity contribution in [2.24, 2.45) is 4.99 Å². The number of hydrogen-bond donors (Lipinski definition) is 2. The van der Waals surface area contributed by atoms with Crippen molar-refractivity contribution in [2.75, 3.05) is 19.6 Å². The molecule has 1 saturated heterocycles. The second kappa shape index (κ2) is 12.3. The van der Waals surface area contributed by atoms with Crippen LogP contribution in [-0.4, -0.2) is 41.6 Å². The number of likely N-dealkylation sites (tertiary alicyclic amines) is 1. The van der Waals surface area contributed by atoms with Gasteiger partial charge < -0.3 is 20.1 Å². The summed E-state index contributed by atoms with van der Waals surface area (Å²) in [5.41, 5.74) is 2.78. The first kappa shape index (κ1) is 23.8. The third kappa shape index (κ3) is 6.58. The molecule has 32 heavy (non-hydrogen) atoms. The Morgan fingerprint density at radius 1 is 1.12 bits per heavy atom. The van der Waals surface area contributed by atoms with Crippen LogP contribution in [0.2, 0.25) is 0 Å². The molecule has 1 aliphatic rings. The Bertz CT molecular complexity index is 882. The van der Waals surface area contributed by atoms with E-state index in [1.165, 1.54) is 6.42 Å². The van der Waals surface area contributed by atoms with Crippen molar-refractivity contribution in [2.45, 2.75) is 71.9 Å². The number of aromatic nitrogens is 1. The molecule has 7 nitrogen and oxygen atoms in total. The molecule has 1 aromatic heterocycles. The number of carbonyl (C=O) groups is 1. The Balaban J connectivity index is 1.60. The highest BCUT2D eigenvalue weighted by molar-refractivity contribution is 5.94. The lowest BCUT2D eigenvalue weighted by atomic mass is 9.99. The van der Waals surface area contributed by atoms with Gasteiger partial charge >= 0.3 is 0 Å². The fourth-order valence-corrected chi connectivity index (χ4v) is 4.08. The highest BCUT2D eigenvalue weighted by atomic mass is 16.5. The van der Waals surface area contributed by atoms with Crippen molar-refractivity contribution in [3.8, 4) is 0 Å². The minimum absolute atomic E-state index is 0.124. The van der Waals surface area contributed by atoms with E-state index in [4.69, 9.17) is 9.52 Å². The van der Waals surface area contributed by atoms with Crippen molar-refractivity contribution in [1.82, 2.24) is 20.7 Å². The summed E-state index contributed by atoms with van der Waals surface area (Å²) in [7, 11) is 0. The lowest BCUT2D eigenvalue weighted by Gasteiger charge is -2.26. The largest absolute Gasteiger partial charge is 0.359 e. The number of amides is 1. The van der Waals surface area contributed by atoms with Crippen LogP contribution < -0.4 is 10.6 Å². The molecule has 1 aliphatic heterocycles. The van der Waals surface area contributed by atoms with Crippen LogP contribution >= 0.6 is 0 Å². The molecule has 2 N–H and O–H groups in total. The van der Waals surface area contributed by atoms with E-state index in [0.717, 1.165) is 67.9 Å². The molecule has 2 aromatic rings. The molecule has 0 bridgehead atoms. The number of aliphatic imine (C=N–C) groups is 1. The van der Waals surface area contributed by atoms with Crippen LogP contribution in [0.25, 0.3) is 0 Å². The van der Waals surface area contributed by atoms with Crippen molar-refractivity contribution in [3.05, 3.63) is 52.9 Å². The second-order valence-electron chi connectivity index (χ2n) is 8.33. The lowest BCUT2D eigenvalue weighted by Crippen LogP contribution is -2.36. The Hall–Kier alpha value is -2.83. The van der Waals surface area contributed by atoms with Crippen molar-refractivity contribution >= 4 is 11.9 Å². The first-order valence-electron chi connectivity index (χ1n) is 12.0. The van der Waals surface area contributed by atoms with Gasteiger partial charge in [0.25, 0.3) is 5.91 Å². The zero-order valence-electron chi connectivity index (χ0n) is 19.7.